The van der Waals surface area contributed by atoms with Gasteiger partial charge in [-0.25, -0.2) is 0 Å². The molecule has 1 aromatic rings. The van der Waals surface area contributed by atoms with E-state index in [1.807, 2.05) is 27.7 Å². The maximum atomic E-state index is 11.9. The number of carbonyl (C=O) groups is 1. The van der Waals surface area contributed by atoms with Crippen molar-refractivity contribution in [2.75, 3.05) is 5.88 Å². The number of nitrogens with zero attached hydrogens (tertiary/aromatic N) is 2. The molecule has 0 saturated heterocycles. The van der Waals surface area contributed by atoms with Gasteiger partial charge in [-0.05, 0) is 18.5 Å². The summed E-state index contributed by atoms with van der Waals surface area (Å²) in [7, 11) is 0. The fraction of sp³-hybridized carbons (Fsp3) is 0.700. The van der Waals surface area contributed by atoms with Crippen molar-refractivity contribution < 1.29 is 4.79 Å². The smallest absolute Gasteiger partial charge is 0.265 e. The Hall–Kier alpha value is -0.680. The Bertz CT molecular complexity index is 372. The van der Waals surface area contributed by atoms with E-state index in [0.29, 0.717) is 10.8 Å². The van der Waals surface area contributed by atoms with Crippen LogP contribution in [-0.4, -0.2) is 27.4 Å². The molecule has 1 aromatic heterocycles. The third kappa shape index (κ3) is 3.15. The molecule has 1 atom stereocenters. The molecule has 1 N–H and O–H groups in total. The zero-order chi connectivity index (χ0) is 12.3. The van der Waals surface area contributed by atoms with Crippen LogP contribution < -0.4 is 5.32 Å². The maximum absolute atomic E-state index is 11.9. The quantitative estimate of drug-likeness (QED) is 0.849. The Kier molecular flexibility index (Phi) is 4.27. The van der Waals surface area contributed by atoms with Crippen molar-refractivity contribution in [2.24, 2.45) is 0 Å². The van der Waals surface area contributed by atoms with E-state index in [0.717, 1.165) is 17.2 Å². The van der Waals surface area contributed by atoms with Crippen LogP contribution in [0.1, 0.15) is 43.1 Å². The van der Waals surface area contributed by atoms with Gasteiger partial charge in [0.15, 0.2) is 0 Å². The topological polar surface area (TPSA) is 54.9 Å². The van der Waals surface area contributed by atoms with Crippen molar-refractivity contribution in [1.29, 1.82) is 0 Å². The van der Waals surface area contributed by atoms with Crippen LogP contribution in [-0.2, 0) is 5.41 Å². The summed E-state index contributed by atoms with van der Waals surface area (Å²) >= 11 is 6.77. The molecule has 16 heavy (non-hydrogen) atoms. The first-order valence-corrected chi connectivity index (χ1v) is 6.36. The molecule has 1 amide bonds. The summed E-state index contributed by atoms with van der Waals surface area (Å²) in [4.78, 5) is 12.5. The van der Waals surface area contributed by atoms with Crippen molar-refractivity contribution >= 4 is 29.0 Å². The summed E-state index contributed by atoms with van der Waals surface area (Å²) in [5, 5.41) is 6.82. The van der Waals surface area contributed by atoms with Gasteiger partial charge in [0.25, 0.3) is 5.91 Å². The highest BCUT2D eigenvalue weighted by molar-refractivity contribution is 7.08. The van der Waals surface area contributed by atoms with Crippen molar-refractivity contribution in [2.45, 2.75) is 39.2 Å². The minimum Gasteiger partial charge on any atom is -0.348 e. The van der Waals surface area contributed by atoms with E-state index in [4.69, 9.17) is 11.6 Å². The summed E-state index contributed by atoms with van der Waals surface area (Å²) in [6.07, 6.45) is 0. The fourth-order valence-electron chi connectivity index (χ4n) is 1.16. The summed E-state index contributed by atoms with van der Waals surface area (Å²) in [5.74, 6) is 0.246. The second-order valence-corrected chi connectivity index (χ2v) is 5.79. The lowest BCUT2D eigenvalue weighted by molar-refractivity contribution is 0.0945. The molecule has 4 nitrogen and oxygen atoms in total. The van der Waals surface area contributed by atoms with Crippen LogP contribution in [0.5, 0.6) is 0 Å². The molecule has 90 valence electrons. The number of alkyl halides is 1. The average Bonchev–Trinajstić information content (AvgIpc) is 2.65. The highest BCUT2D eigenvalue weighted by atomic mass is 35.5. The fourth-order valence-corrected chi connectivity index (χ4v) is 2.01. The lowest BCUT2D eigenvalue weighted by atomic mass is 9.91. The monoisotopic (exact) mass is 261 g/mol. The van der Waals surface area contributed by atoms with Gasteiger partial charge < -0.3 is 5.32 Å². The van der Waals surface area contributed by atoms with Gasteiger partial charge in [-0.2, -0.15) is 0 Å². The van der Waals surface area contributed by atoms with Gasteiger partial charge in [0.2, 0.25) is 0 Å². The van der Waals surface area contributed by atoms with Crippen molar-refractivity contribution in [3.8, 4) is 0 Å². The standard InChI is InChI=1S/C10H16ClN3OS/c1-6(5-11)12-9(15)7-8(10(2,3)4)13-14-16-7/h6H,5H2,1-4H3,(H,12,15). The number of hydrogen-bond donors (Lipinski definition) is 1. The minimum absolute atomic E-state index is 0.0518. The van der Waals surface area contributed by atoms with Crippen LogP contribution in [0.4, 0.5) is 0 Å². The van der Waals surface area contributed by atoms with Gasteiger partial charge >= 0.3 is 0 Å². The van der Waals surface area contributed by atoms with E-state index >= 15 is 0 Å². The number of amides is 1. The molecule has 1 unspecified atom stereocenters. The molecule has 0 spiro atoms. The molecule has 1 rings (SSSR count). The Balaban J connectivity index is 2.89. The van der Waals surface area contributed by atoms with E-state index < -0.39 is 0 Å². The first-order chi connectivity index (χ1) is 7.36. The number of rotatable bonds is 3. The van der Waals surface area contributed by atoms with Gasteiger partial charge in [0, 0.05) is 17.3 Å². The summed E-state index contributed by atoms with van der Waals surface area (Å²) < 4.78 is 3.84. The van der Waals surface area contributed by atoms with Crippen LogP contribution in [0.3, 0.4) is 0 Å². The average molecular weight is 262 g/mol. The van der Waals surface area contributed by atoms with E-state index in [9.17, 15) is 4.79 Å². The molecule has 0 bridgehead atoms. The largest absolute Gasteiger partial charge is 0.348 e. The summed E-state index contributed by atoms with van der Waals surface area (Å²) in [6, 6.07) is -0.0518. The van der Waals surface area contributed by atoms with E-state index in [1.54, 1.807) is 0 Å². The second kappa shape index (κ2) is 5.10. The molecule has 0 aliphatic heterocycles. The molecule has 0 fully saturated rings. The SMILES string of the molecule is CC(CCl)NC(=O)c1snnc1C(C)(C)C. The molecule has 0 radical (unpaired) electrons. The molecule has 0 aliphatic rings. The second-order valence-electron chi connectivity index (χ2n) is 4.73. The first kappa shape index (κ1) is 13.4. The number of halogens is 1. The van der Waals surface area contributed by atoms with Crippen molar-refractivity contribution in [1.82, 2.24) is 14.9 Å². The minimum atomic E-state index is -0.177. The molecular formula is C10H16ClN3OS. The van der Waals surface area contributed by atoms with Gasteiger partial charge in [-0.3, -0.25) is 4.79 Å². The third-order valence-electron chi connectivity index (χ3n) is 2.01. The highest BCUT2D eigenvalue weighted by Gasteiger charge is 2.26. The van der Waals surface area contributed by atoms with Crippen LogP contribution >= 0.6 is 23.1 Å². The van der Waals surface area contributed by atoms with Crippen LogP contribution in [0.15, 0.2) is 0 Å². The number of nitrogens with one attached hydrogen (secondary N) is 1. The lowest BCUT2D eigenvalue weighted by Gasteiger charge is -2.17. The zero-order valence-electron chi connectivity index (χ0n) is 9.87. The molecule has 1 heterocycles. The van der Waals surface area contributed by atoms with Gasteiger partial charge in [-0.1, -0.05) is 25.3 Å². The normalized spacial score (nSPS) is 13.6. The molecule has 6 heteroatoms. The van der Waals surface area contributed by atoms with E-state index in [1.165, 1.54) is 0 Å². The van der Waals surface area contributed by atoms with Crippen LogP contribution in [0.25, 0.3) is 0 Å². The van der Waals surface area contributed by atoms with Gasteiger partial charge in [0.05, 0.1) is 5.69 Å². The zero-order valence-corrected chi connectivity index (χ0v) is 11.4. The van der Waals surface area contributed by atoms with E-state index in [2.05, 4.69) is 14.9 Å². The maximum Gasteiger partial charge on any atom is 0.265 e. The highest BCUT2D eigenvalue weighted by Crippen LogP contribution is 2.25. The number of aromatic nitrogens is 2. The van der Waals surface area contributed by atoms with Gasteiger partial charge in [-0.15, -0.1) is 16.7 Å². The number of hydrogen-bond acceptors (Lipinski definition) is 4. The summed E-state index contributed by atoms with van der Waals surface area (Å²) in [6.45, 7) is 7.87. The summed E-state index contributed by atoms with van der Waals surface area (Å²) in [5.41, 5.74) is 0.556. The predicted octanol–water partition coefficient (Wildman–Crippen LogP) is 2.19. The molecule has 0 aromatic carbocycles. The Morgan fingerprint density at radius 3 is 2.69 bits per heavy atom. The van der Waals surface area contributed by atoms with Crippen LogP contribution in [0.2, 0.25) is 0 Å². The van der Waals surface area contributed by atoms with E-state index in [-0.39, 0.29) is 17.4 Å². The van der Waals surface area contributed by atoms with Gasteiger partial charge in [0.1, 0.15) is 4.88 Å². The predicted molar refractivity (Wildman–Crippen MR) is 66.3 cm³/mol. The Morgan fingerprint density at radius 1 is 1.56 bits per heavy atom. The Labute approximate surface area is 105 Å². The van der Waals surface area contributed by atoms with Crippen LogP contribution in [0, 0.1) is 0 Å². The lowest BCUT2D eigenvalue weighted by Crippen LogP contribution is -2.34. The molecular weight excluding hydrogens is 246 g/mol. The van der Waals surface area contributed by atoms with Crippen molar-refractivity contribution in [3.63, 3.8) is 0 Å². The first-order valence-electron chi connectivity index (χ1n) is 5.06. The van der Waals surface area contributed by atoms with Crippen molar-refractivity contribution in [3.05, 3.63) is 10.6 Å². The number of carbonyl (C=O) groups excluding carboxylic acids is 1. The molecule has 0 aliphatic carbocycles. The third-order valence-corrected chi connectivity index (χ3v) is 3.20. The Morgan fingerprint density at radius 2 is 2.19 bits per heavy atom. The molecule has 0 saturated carbocycles.